The van der Waals surface area contributed by atoms with Gasteiger partial charge in [0.25, 0.3) is 0 Å². The van der Waals surface area contributed by atoms with Crippen LogP contribution in [0.5, 0.6) is 0 Å². The second kappa shape index (κ2) is 54.2. The van der Waals surface area contributed by atoms with Gasteiger partial charge >= 0.3 is 17.9 Å². The van der Waals surface area contributed by atoms with Crippen LogP contribution in [0, 0.1) is 0 Å². The van der Waals surface area contributed by atoms with Gasteiger partial charge < -0.3 is 14.2 Å². The topological polar surface area (TPSA) is 78.9 Å². The first kappa shape index (κ1) is 62.6. The van der Waals surface area contributed by atoms with Gasteiger partial charge in [-0.05, 0) is 70.6 Å². The lowest BCUT2D eigenvalue weighted by Gasteiger charge is -2.18. The van der Waals surface area contributed by atoms with E-state index >= 15 is 0 Å². The van der Waals surface area contributed by atoms with Crippen LogP contribution in [-0.4, -0.2) is 37.2 Å². The molecule has 0 aliphatic carbocycles. The fourth-order valence-electron chi connectivity index (χ4n) is 7.56. The molecule has 0 amide bonds. The molecule has 0 heterocycles. The zero-order valence-electron chi connectivity index (χ0n) is 43.2. The van der Waals surface area contributed by atoms with Gasteiger partial charge in [0, 0.05) is 19.3 Å². The van der Waals surface area contributed by atoms with Gasteiger partial charge in [-0.15, -0.1) is 0 Å². The summed E-state index contributed by atoms with van der Waals surface area (Å²) in [6.45, 7) is 6.51. The number of ether oxygens (including phenoxy) is 3. The van der Waals surface area contributed by atoms with E-state index in [4.69, 9.17) is 14.2 Å². The normalized spacial score (nSPS) is 12.7. The monoisotopic (exact) mass is 919 g/mol. The molecule has 6 nitrogen and oxygen atoms in total. The minimum atomic E-state index is -0.790. The van der Waals surface area contributed by atoms with Gasteiger partial charge in [-0.1, -0.05) is 254 Å². The Morgan fingerprint density at radius 2 is 0.636 bits per heavy atom. The van der Waals surface area contributed by atoms with Crippen LogP contribution in [0.3, 0.4) is 0 Å². The van der Waals surface area contributed by atoms with E-state index in [0.717, 1.165) is 96.3 Å². The first-order valence-corrected chi connectivity index (χ1v) is 27.7. The molecule has 0 fully saturated rings. The Kier molecular flexibility index (Phi) is 51.4. The summed E-state index contributed by atoms with van der Waals surface area (Å²) < 4.78 is 16.8. The van der Waals surface area contributed by atoms with Gasteiger partial charge in [-0.25, -0.2) is 0 Å². The fourth-order valence-corrected chi connectivity index (χ4v) is 7.56. The number of hydrogen-bond donors (Lipinski definition) is 0. The summed E-state index contributed by atoms with van der Waals surface area (Å²) in [6.07, 6.45) is 69.8. The largest absolute Gasteiger partial charge is 0.462 e. The van der Waals surface area contributed by atoms with E-state index < -0.39 is 6.10 Å². The van der Waals surface area contributed by atoms with Gasteiger partial charge in [-0.2, -0.15) is 0 Å². The summed E-state index contributed by atoms with van der Waals surface area (Å²) in [6, 6.07) is 0. The minimum Gasteiger partial charge on any atom is -0.462 e. The van der Waals surface area contributed by atoms with E-state index in [2.05, 4.69) is 81.5 Å². The molecule has 0 N–H and O–H groups in total. The number of carbonyl (C=O) groups is 3. The molecular formula is C60H102O6. The van der Waals surface area contributed by atoms with Crippen molar-refractivity contribution in [3.05, 3.63) is 85.1 Å². The quantitative estimate of drug-likeness (QED) is 0.0199. The molecule has 0 spiro atoms. The van der Waals surface area contributed by atoms with Crippen LogP contribution < -0.4 is 0 Å². The Bertz CT molecular complexity index is 1290. The maximum Gasteiger partial charge on any atom is 0.306 e. The number of esters is 3. The van der Waals surface area contributed by atoms with Crippen molar-refractivity contribution in [2.45, 2.75) is 264 Å². The maximum absolute atomic E-state index is 12.8. The summed E-state index contributed by atoms with van der Waals surface area (Å²) in [4.78, 5) is 38.1. The van der Waals surface area contributed by atoms with Gasteiger partial charge in [-0.3, -0.25) is 14.4 Å². The molecule has 0 saturated carbocycles. The van der Waals surface area contributed by atoms with Crippen LogP contribution in [0.15, 0.2) is 85.1 Å². The number of rotatable bonds is 49. The predicted octanol–water partition coefficient (Wildman–Crippen LogP) is 18.4. The predicted molar refractivity (Wildman–Crippen MR) is 284 cm³/mol. The molecule has 0 aromatic rings. The molecular weight excluding hydrogens is 817 g/mol. The second-order valence-electron chi connectivity index (χ2n) is 18.3. The Morgan fingerprint density at radius 1 is 0.318 bits per heavy atom. The van der Waals surface area contributed by atoms with Crippen LogP contribution in [0.25, 0.3) is 0 Å². The minimum absolute atomic E-state index is 0.0868. The Balaban J connectivity index is 4.45. The lowest BCUT2D eigenvalue weighted by Crippen LogP contribution is -2.30. The molecule has 0 radical (unpaired) electrons. The van der Waals surface area contributed by atoms with Crippen molar-refractivity contribution >= 4 is 17.9 Å². The molecule has 0 aromatic carbocycles. The van der Waals surface area contributed by atoms with Crippen molar-refractivity contribution < 1.29 is 28.6 Å². The van der Waals surface area contributed by atoms with Crippen LogP contribution >= 0.6 is 0 Å². The number of unbranched alkanes of at least 4 members (excludes halogenated alkanes) is 28. The smallest absolute Gasteiger partial charge is 0.306 e. The molecule has 0 bridgehead atoms. The highest BCUT2D eigenvalue weighted by Crippen LogP contribution is 2.15. The van der Waals surface area contributed by atoms with Crippen molar-refractivity contribution in [1.29, 1.82) is 0 Å². The first-order chi connectivity index (χ1) is 32.5. The summed E-state index contributed by atoms with van der Waals surface area (Å²) >= 11 is 0. The zero-order chi connectivity index (χ0) is 47.9. The Hall–Kier alpha value is -3.41. The molecule has 6 heteroatoms. The summed E-state index contributed by atoms with van der Waals surface area (Å²) in [5.41, 5.74) is 0. The van der Waals surface area contributed by atoms with E-state index in [1.807, 2.05) is 24.3 Å². The maximum atomic E-state index is 12.8. The molecule has 66 heavy (non-hydrogen) atoms. The zero-order valence-corrected chi connectivity index (χ0v) is 43.2. The van der Waals surface area contributed by atoms with E-state index in [1.165, 1.54) is 122 Å². The van der Waals surface area contributed by atoms with Gasteiger partial charge in [0.15, 0.2) is 6.10 Å². The third-order valence-corrected chi connectivity index (χ3v) is 11.7. The second-order valence-corrected chi connectivity index (χ2v) is 18.3. The molecule has 0 rings (SSSR count). The number of allylic oxidation sites excluding steroid dienone is 14. The molecule has 378 valence electrons. The number of hydrogen-bond acceptors (Lipinski definition) is 6. The summed E-state index contributed by atoms with van der Waals surface area (Å²) in [5.74, 6) is -0.916. The molecule has 0 saturated heterocycles. The van der Waals surface area contributed by atoms with Gasteiger partial charge in [0.2, 0.25) is 0 Å². The fraction of sp³-hybridized carbons (Fsp3) is 0.717. The average Bonchev–Trinajstić information content (AvgIpc) is 3.31. The molecule has 1 atom stereocenters. The van der Waals surface area contributed by atoms with E-state index in [1.54, 1.807) is 0 Å². The molecule has 0 aliphatic heterocycles. The lowest BCUT2D eigenvalue weighted by molar-refractivity contribution is -0.167. The van der Waals surface area contributed by atoms with Crippen molar-refractivity contribution in [3.8, 4) is 0 Å². The summed E-state index contributed by atoms with van der Waals surface area (Å²) in [5, 5.41) is 0. The summed E-state index contributed by atoms with van der Waals surface area (Å²) in [7, 11) is 0. The highest BCUT2D eigenvalue weighted by atomic mass is 16.6. The molecule has 0 aliphatic rings. The SMILES string of the molecule is CCC\C=C/C=C\C=C/C=C\C=C/CCCCCCCC(=O)OCC(COC(=O)CCCCCCCCCCCCCCC)OC(=O)CCCCCCCCC/C=C\C/C=C\CCCCC. The number of carbonyl (C=O) groups excluding carboxylic acids is 3. The van der Waals surface area contributed by atoms with Gasteiger partial charge in [0.1, 0.15) is 13.2 Å². The van der Waals surface area contributed by atoms with Crippen molar-refractivity contribution in [1.82, 2.24) is 0 Å². The Labute approximate surface area is 407 Å². The average molecular weight is 919 g/mol. The van der Waals surface area contributed by atoms with E-state index in [9.17, 15) is 14.4 Å². The van der Waals surface area contributed by atoms with Crippen LogP contribution in [0.1, 0.15) is 258 Å². The van der Waals surface area contributed by atoms with E-state index in [-0.39, 0.29) is 31.1 Å². The van der Waals surface area contributed by atoms with Crippen molar-refractivity contribution in [2.24, 2.45) is 0 Å². The van der Waals surface area contributed by atoms with Crippen LogP contribution in [0.4, 0.5) is 0 Å². The van der Waals surface area contributed by atoms with Crippen LogP contribution in [0.2, 0.25) is 0 Å². The third kappa shape index (κ3) is 51.6. The molecule has 0 aromatic heterocycles. The highest BCUT2D eigenvalue weighted by molar-refractivity contribution is 5.71. The van der Waals surface area contributed by atoms with Crippen molar-refractivity contribution in [3.63, 3.8) is 0 Å². The lowest BCUT2D eigenvalue weighted by atomic mass is 10.0. The van der Waals surface area contributed by atoms with Crippen molar-refractivity contribution in [2.75, 3.05) is 13.2 Å². The Morgan fingerprint density at radius 3 is 1.06 bits per heavy atom. The standard InChI is InChI=1S/C60H102O6/c1-4-7-10-13-16-19-22-25-27-29-31-32-35-38-41-44-47-50-53-59(62)65-56-57(55-64-58(61)52-49-46-43-40-37-34-24-21-18-15-12-9-6-3)66-60(63)54-51-48-45-42-39-36-33-30-28-26-23-20-17-14-11-8-5-2/h10,13,16-17,19-20,22,25-29,31-32,57H,4-9,11-12,14-15,18,21,23-24,30,33-56H2,1-3H3/b13-10-,19-16-,20-17-,25-22-,28-26-,29-27-,32-31-. The highest BCUT2D eigenvalue weighted by Gasteiger charge is 2.19. The van der Waals surface area contributed by atoms with Crippen LogP contribution in [-0.2, 0) is 28.6 Å². The molecule has 1 unspecified atom stereocenters. The first-order valence-electron chi connectivity index (χ1n) is 27.7. The van der Waals surface area contributed by atoms with Gasteiger partial charge in [0.05, 0.1) is 0 Å². The third-order valence-electron chi connectivity index (χ3n) is 11.7. The van der Waals surface area contributed by atoms with E-state index in [0.29, 0.717) is 19.3 Å².